The number of anilines is 1. The average molecular weight is 404 g/mol. The first-order valence-electron chi connectivity index (χ1n) is 7.75. The van der Waals surface area contributed by atoms with Crippen molar-refractivity contribution in [3.63, 3.8) is 0 Å². The first-order valence-corrected chi connectivity index (χ1v) is 9.42. The van der Waals surface area contributed by atoms with E-state index in [2.05, 4.69) is 32.7 Å². The first-order chi connectivity index (χ1) is 11.6. The van der Waals surface area contributed by atoms with Crippen LogP contribution in [0, 0.1) is 0 Å². The molecule has 0 saturated carbocycles. The van der Waals surface area contributed by atoms with E-state index in [1.165, 1.54) is 0 Å². The van der Waals surface area contributed by atoms with Crippen LogP contribution in [0.15, 0.2) is 58.6 Å². The minimum absolute atomic E-state index is 0.0122. The van der Waals surface area contributed by atoms with E-state index < -0.39 is 0 Å². The van der Waals surface area contributed by atoms with Crippen LogP contribution in [0.5, 0.6) is 0 Å². The fourth-order valence-corrected chi connectivity index (χ4v) is 3.69. The van der Waals surface area contributed by atoms with Gasteiger partial charge in [-0.3, -0.25) is 9.36 Å². The van der Waals surface area contributed by atoms with Crippen molar-refractivity contribution in [2.75, 3.05) is 11.4 Å². The molecule has 0 amide bonds. The lowest BCUT2D eigenvalue weighted by molar-refractivity contribution is 0.0952. The van der Waals surface area contributed by atoms with Crippen molar-refractivity contribution in [3.05, 3.63) is 64.5 Å². The lowest BCUT2D eigenvalue weighted by Crippen LogP contribution is -2.40. The van der Waals surface area contributed by atoms with Gasteiger partial charge in [0.05, 0.1) is 6.04 Å². The van der Waals surface area contributed by atoms with Crippen LogP contribution >= 0.6 is 27.3 Å². The van der Waals surface area contributed by atoms with Gasteiger partial charge in [-0.1, -0.05) is 15.9 Å². The highest BCUT2D eigenvalue weighted by molar-refractivity contribution is 9.10. The Morgan fingerprint density at radius 3 is 2.71 bits per heavy atom. The van der Waals surface area contributed by atoms with Crippen molar-refractivity contribution in [1.82, 2.24) is 9.55 Å². The fraction of sp³-hybridized carbons (Fsp3) is 0.222. The Bertz CT molecular complexity index is 811. The molecule has 3 rings (SSSR count). The van der Waals surface area contributed by atoms with Gasteiger partial charge in [0, 0.05) is 29.1 Å². The number of halogens is 1. The molecule has 0 aliphatic rings. The third-order valence-corrected chi connectivity index (χ3v) is 5.35. The van der Waals surface area contributed by atoms with Crippen LogP contribution in [0.1, 0.15) is 24.5 Å². The highest BCUT2D eigenvalue weighted by Crippen LogP contribution is 2.23. The maximum atomic E-state index is 13.0. The number of likely N-dealkylation sites (N-methyl/N-ethyl adjacent to an activating group) is 1. The van der Waals surface area contributed by atoms with E-state index in [0.717, 1.165) is 21.7 Å². The summed E-state index contributed by atoms with van der Waals surface area (Å²) in [7, 11) is 0. The van der Waals surface area contributed by atoms with E-state index >= 15 is 0 Å². The largest absolute Gasteiger partial charge is 0.362 e. The summed E-state index contributed by atoms with van der Waals surface area (Å²) in [5.41, 5.74) is 1.02. The second-order valence-electron chi connectivity index (χ2n) is 5.37. The number of rotatable bonds is 6. The molecular formula is C18H18BrN3OS. The molecule has 1 atom stereocenters. The third-order valence-electron chi connectivity index (χ3n) is 3.95. The number of nitrogens with zero attached hydrogens (tertiary/aromatic N) is 3. The van der Waals surface area contributed by atoms with Gasteiger partial charge in [-0.2, -0.15) is 0 Å². The van der Waals surface area contributed by atoms with Crippen molar-refractivity contribution >= 4 is 38.7 Å². The Morgan fingerprint density at radius 2 is 2.08 bits per heavy atom. The number of benzene rings is 1. The molecule has 0 N–H and O–H groups in total. The van der Waals surface area contributed by atoms with E-state index in [-0.39, 0.29) is 11.8 Å². The maximum absolute atomic E-state index is 13.0. The standard InChI is InChI=1S/C18H18BrN3OS/c1-3-21(15-8-6-14(19)7-9-15)13(2)17(23)18-20-10-11-22(18)16-5-4-12-24-16/h4-13H,3H2,1-2H3/t13-/m0/s1. The van der Waals surface area contributed by atoms with E-state index in [9.17, 15) is 4.79 Å². The number of aromatic nitrogens is 2. The molecule has 0 bridgehead atoms. The molecule has 6 heteroatoms. The normalized spacial score (nSPS) is 12.1. The summed E-state index contributed by atoms with van der Waals surface area (Å²) in [6.45, 7) is 4.73. The summed E-state index contributed by atoms with van der Waals surface area (Å²) < 4.78 is 2.88. The number of ketones is 1. The lowest BCUT2D eigenvalue weighted by atomic mass is 10.1. The summed E-state index contributed by atoms with van der Waals surface area (Å²) in [5, 5.41) is 2.99. The van der Waals surface area contributed by atoms with E-state index in [4.69, 9.17) is 0 Å². The second kappa shape index (κ2) is 7.32. The van der Waals surface area contributed by atoms with Gasteiger partial charge in [-0.25, -0.2) is 4.98 Å². The van der Waals surface area contributed by atoms with Crippen LogP contribution in [-0.2, 0) is 0 Å². The molecule has 1 aromatic carbocycles. The smallest absolute Gasteiger partial charge is 0.220 e. The third kappa shape index (κ3) is 3.30. The summed E-state index contributed by atoms with van der Waals surface area (Å²) in [4.78, 5) is 19.4. The molecule has 0 fully saturated rings. The predicted octanol–water partition coefficient (Wildman–Crippen LogP) is 4.79. The molecule has 24 heavy (non-hydrogen) atoms. The van der Waals surface area contributed by atoms with Crippen molar-refractivity contribution in [3.8, 4) is 5.00 Å². The maximum Gasteiger partial charge on any atom is 0.220 e. The van der Waals surface area contributed by atoms with Crippen LogP contribution in [0.4, 0.5) is 5.69 Å². The minimum atomic E-state index is -0.294. The van der Waals surface area contributed by atoms with Crippen molar-refractivity contribution in [2.45, 2.75) is 19.9 Å². The Morgan fingerprint density at radius 1 is 1.33 bits per heavy atom. The van der Waals surface area contributed by atoms with Gasteiger partial charge >= 0.3 is 0 Å². The van der Waals surface area contributed by atoms with Crippen molar-refractivity contribution in [1.29, 1.82) is 0 Å². The zero-order valence-corrected chi connectivity index (χ0v) is 15.9. The van der Waals surface area contributed by atoms with Gasteiger partial charge in [0.2, 0.25) is 5.78 Å². The van der Waals surface area contributed by atoms with Crippen LogP contribution in [-0.4, -0.2) is 27.9 Å². The number of carbonyl (C=O) groups is 1. The van der Waals surface area contributed by atoms with Gasteiger partial charge in [-0.05, 0) is 55.6 Å². The molecule has 2 heterocycles. The van der Waals surface area contributed by atoms with Gasteiger partial charge in [0.15, 0.2) is 5.82 Å². The van der Waals surface area contributed by atoms with E-state index in [1.807, 2.05) is 59.5 Å². The molecule has 0 unspecified atom stereocenters. The first kappa shape index (κ1) is 16.9. The summed E-state index contributed by atoms with van der Waals surface area (Å²) in [5.74, 6) is 0.485. The molecule has 4 nitrogen and oxygen atoms in total. The summed E-state index contributed by atoms with van der Waals surface area (Å²) in [6, 6.07) is 11.7. The molecule has 124 valence electrons. The van der Waals surface area contributed by atoms with Crippen molar-refractivity contribution < 1.29 is 4.79 Å². The lowest BCUT2D eigenvalue weighted by Gasteiger charge is -2.29. The SMILES string of the molecule is CCN(c1ccc(Br)cc1)[C@@H](C)C(=O)c1nccn1-c1cccs1. The fourth-order valence-electron chi connectivity index (χ4n) is 2.71. The molecule has 0 aliphatic carbocycles. The van der Waals surface area contributed by atoms with Gasteiger partial charge in [-0.15, -0.1) is 11.3 Å². The van der Waals surface area contributed by atoms with Gasteiger partial charge in [0.25, 0.3) is 0 Å². The highest BCUT2D eigenvalue weighted by Gasteiger charge is 2.25. The molecule has 0 aliphatic heterocycles. The second-order valence-corrected chi connectivity index (χ2v) is 7.22. The predicted molar refractivity (Wildman–Crippen MR) is 102 cm³/mol. The van der Waals surface area contributed by atoms with Crippen LogP contribution in [0.25, 0.3) is 5.00 Å². The Labute approximate surface area is 153 Å². The summed E-state index contributed by atoms with van der Waals surface area (Å²) >= 11 is 5.04. The molecule has 0 spiro atoms. The number of thiophene rings is 1. The van der Waals surface area contributed by atoms with Crippen LogP contribution < -0.4 is 4.90 Å². The Balaban J connectivity index is 1.89. The zero-order valence-electron chi connectivity index (χ0n) is 13.5. The highest BCUT2D eigenvalue weighted by atomic mass is 79.9. The Hall–Kier alpha value is -1.92. The number of hydrogen-bond donors (Lipinski definition) is 0. The van der Waals surface area contributed by atoms with Crippen LogP contribution in [0.2, 0.25) is 0 Å². The molecular weight excluding hydrogens is 386 g/mol. The molecule has 3 aromatic rings. The zero-order chi connectivity index (χ0) is 17.1. The average Bonchev–Trinajstić information content (AvgIpc) is 3.27. The molecule has 2 aromatic heterocycles. The molecule has 0 radical (unpaired) electrons. The van der Waals surface area contributed by atoms with E-state index in [0.29, 0.717) is 5.82 Å². The minimum Gasteiger partial charge on any atom is -0.362 e. The van der Waals surface area contributed by atoms with Gasteiger partial charge < -0.3 is 4.90 Å². The van der Waals surface area contributed by atoms with Gasteiger partial charge in [0.1, 0.15) is 5.00 Å². The number of hydrogen-bond acceptors (Lipinski definition) is 4. The van der Waals surface area contributed by atoms with Crippen molar-refractivity contribution in [2.24, 2.45) is 0 Å². The monoisotopic (exact) mass is 403 g/mol. The number of imidazole rings is 1. The van der Waals surface area contributed by atoms with E-state index in [1.54, 1.807) is 17.5 Å². The number of Topliss-reactive ketones (excluding diaryl/α,β-unsaturated/α-hetero) is 1. The Kier molecular flexibility index (Phi) is 5.16. The number of carbonyl (C=O) groups excluding carboxylic acids is 1. The van der Waals surface area contributed by atoms with Crippen LogP contribution in [0.3, 0.4) is 0 Å². The summed E-state index contributed by atoms with van der Waals surface area (Å²) in [6.07, 6.45) is 3.51. The quantitative estimate of drug-likeness (QED) is 0.555. The molecule has 0 saturated heterocycles. The topological polar surface area (TPSA) is 38.1 Å².